The highest BCUT2D eigenvalue weighted by molar-refractivity contribution is 7.17. The molecule has 0 aliphatic heterocycles. The van der Waals surface area contributed by atoms with E-state index >= 15 is 0 Å². The average molecular weight is 354 g/mol. The molecule has 0 amide bonds. The molecule has 0 aliphatic rings. The molecule has 0 radical (unpaired) electrons. The van der Waals surface area contributed by atoms with Crippen LogP contribution in [0.4, 0.5) is 0 Å². The third-order valence-electron chi connectivity index (χ3n) is 3.11. The molecule has 0 saturated carbocycles. The first kappa shape index (κ1) is 17.3. The number of rotatable bonds is 5. The van der Waals surface area contributed by atoms with E-state index < -0.39 is 5.97 Å². The van der Waals surface area contributed by atoms with Crippen molar-refractivity contribution in [2.45, 2.75) is 13.8 Å². The number of thiazole rings is 1. The van der Waals surface area contributed by atoms with E-state index in [0.29, 0.717) is 26.4 Å². The van der Waals surface area contributed by atoms with Crippen LogP contribution >= 0.6 is 22.9 Å². The minimum Gasteiger partial charge on any atom is -0.503 e. The number of benzene rings is 1. The minimum atomic E-state index is -0.484. The highest BCUT2D eigenvalue weighted by atomic mass is 35.5. The Labute approximate surface area is 143 Å². The van der Waals surface area contributed by atoms with E-state index in [2.05, 4.69) is 4.98 Å². The zero-order chi connectivity index (χ0) is 17.0. The van der Waals surface area contributed by atoms with Crippen molar-refractivity contribution in [1.82, 2.24) is 4.98 Å². The van der Waals surface area contributed by atoms with Gasteiger partial charge in [0.05, 0.1) is 26.7 Å². The number of ether oxygens (including phenoxy) is 3. The lowest BCUT2D eigenvalue weighted by Gasteiger charge is -2.13. The maximum atomic E-state index is 12.0. The van der Waals surface area contributed by atoms with Gasteiger partial charge >= 0.3 is 5.97 Å². The molecule has 0 aliphatic carbocycles. The van der Waals surface area contributed by atoms with Crippen LogP contribution in [-0.4, -0.2) is 25.2 Å². The van der Waals surface area contributed by atoms with Crippen LogP contribution in [-0.2, 0) is 14.3 Å². The molecule has 0 unspecified atom stereocenters. The van der Waals surface area contributed by atoms with Gasteiger partial charge in [-0.25, -0.2) is 9.78 Å². The summed E-state index contributed by atoms with van der Waals surface area (Å²) in [6, 6.07) is 3.69. The van der Waals surface area contributed by atoms with E-state index in [-0.39, 0.29) is 0 Å². The fraction of sp³-hybridized carbons (Fsp3) is 0.250. The Morgan fingerprint density at radius 1 is 1.26 bits per heavy atom. The van der Waals surface area contributed by atoms with E-state index in [9.17, 15) is 4.79 Å². The zero-order valence-corrected chi connectivity index (χ0v) is 14.7. The number of carbonyl (C=O) groups is 1. The Bertz CT molecular complexity index is 755. The molecular weight excluding hydrogens is 338 g/mol. The van der Waals surface area contributed by atoms with Gasteiger partial charge in [-0.15, -0.1) is 0 Å². The summed E-state index contributed by atoms with van der Waals surface area (Å²) in [7, 11) is 2.80. The maximum Gasteiger partial charge on any atom is 0.341 e. The Kier molecular flexibility index (Phi) is 5.63. The summed E-state index contributed by atoms with van der Waals surface area (Å²) in [5.74, 6) is 0.101. The summed E-state index contributed by atoms with van der Waals surface area (Å²) in [5.41, 5.74) is 2.80. The molecule has 23 heavy (non-hydrogen) atoms. The van der Waals surface area contributed by atoms with E-state index in [0.717, 1.165) is 11.1 Å². The lowest BCUT2D eigenvalue weighted by atomic mass is 9.98. The molecule has 0 spiro atoms. The molecule has 1 aromatic heterocycles. The molecule has 0 bridgehead atoms. The van der Waals surface area contributed by atoms with Gasteiger partial charge < -0.3 is 14.2 Å². The SMILES string of the molecule is CO/C=C(/C(=O)OC)c1cc(Oc2ncc(Cl)s2)c(C)cc1C. The van der Waals surface area contributed by atoms with E-state index in [1.54, 1.807) is 6.07 Å². The van der Waals surface area contributed by atoms with E-state index in [1.165, 1.54) is 38.0 Å². The lowest BCUT2D eigenvalue weighted by Crippen LogP contribution is -2.06. The molecule has 1 heterocycles. The van der Waals surface area contributed by atoms with Crippen LogP contribution in [0.3, 0.4) is 0 Å². The molecule has 0 saturated heterocycles. The molecule has 5 nitrogen and oxygen atoms in total. The highest BCUT2D eigenvalue weighted by Gasteiger charge is 2.18. The number of aromatic nitrogens is 1. The topological polar surface area (TPSA) is 57.7 Å². The Hall–Kier alpha value is -2.05. The standard InChI is InChI=1S/C16H16ClNO4S/c1-9-5-10(2)13(22-16-18-7-14(17)23-16)6-11(9)12(8-20-3)15(19)21-4/h5-8H,1-4H3/b12-8+. The molecular formula is C16H16ClNO4S. The molecule has 122 valence electrons. The van der Waals surface area contributed by atoms with Crippen LogP contribution in [0.1, 0.15) is 16.7 Å². The summed E-state index contributed by atoms with van der Waals surface area (Å²) in [4.78, 5) is 16.0. The van der Waals surface area contributed by atoms with Crippen molar-refractivity contribution in [3.63, 3.8) is 0 Å². The molecule has 0 fully saturated rings. The van der Waals surface area contributed by atoms with Crippen LogP contribution in [0.15, 0.2) is 24.6 Å². The van der Waals surface area contributed by atoms with Gasteiger partial charge in [-0.05, 0) is 36.6 Å². The van der Waals surface area contributed by atoms with Gasteiger partial charge in [0.2, 0.25) is 0 Å². The molecule has 1 aromatic carbocycles. The number of esters is 1. The zero-order valence-electron chi connectivity index (χ0n) is 13.2. The van der Waals surface area contributed by atoms with E-state index in [4.69, 9.17) is 25.8 Å². The lowest BCUT2D eigenvalue weighted by molar-refractivity contribution is -0.133. The maximum absolute atomic E-state index is 12.0. The van der Waals surface area contributed by atoms with Crippen molar-refractivity contribution in [3.8, 4) is 10.9 Å². The molecule has 2 aromatic rings. The van der Waals surface area contributed by atoms with Gasteiger partial charge in [-0.3, -0.25) is 0 Å². The number of hydrogen-bond donors (Lipinski definition) is 0. The Morgan fingerprint density at radius 3 is 2.57 bits per heavy atom. The van der Waals surface area contributed by atoms with Gasteiger partial charge in [0.1, 0.15) is 15.7 Å². The number of hydrogen-bond acceptors (Lipinski definition) is 6. The van der Waals surface area contributed by atoms with Crippen molar-refractivity contribution in [2.24, 2.45) is 0 Å². The number of nitrogens with zero attached hydrogens (tertiary/aromatic N) is 1. The van der Waals surface area contributed by atoms with Gasteiger partial charge in [0, 0.05) is 0 Å². The van der Waals surface area contributed by atoms with Gasteiger partial charge in [0.25, 0.3) is 5.19 Å². The van der Waals surface area contributed by atoms with Gasteiger partial charge in [-0.1, -0.05) is 29.0 Å². The predicted octanol–water partition coefficient (Wildman–Crippen LogP) is 4.37. The van der Waals surface area contributed by atoms with E-state index in [1.807, 2.05) is 19.9 Å². The number of aryl methyl sites for hydroxylation is 2. The largest absolute Gasteiger partial charge is 0.503 e. The van der Waals surface area contributed by atoms with Crippen molar-refractivity contribution >= 4 is 34.5 Å². The summed E-state index contributed by atoms with van der Waals surface area (Å²) in [6.45, 7) is 3.82. The van der Waals surface area contributed by atoms with Crippen LogP contribution in [0.2, 0.25) is 4.34 Å². The smallest absolute Gasteiger partial charge is 0.341 e. The van der Waals surface area contributed by atoms with Crippen LogP contribution in [0.25, 0.3) is 5.57 Å². The van der Waals surface area contributed by atoms with Gasteiger partial charge in [-0.2, -0.15) is 0 Å². The summed E-state index contributed by atoms with van der Waals surface area (Å²) in [5, 5.41) is 0.434. The first-order chi connectivity index (χ1) is 11.0. The highest BCUT2D eigenvalue weighted by Crippen LogP contribution is 2.34. The second-order valence-corrected chi connectivity index (χ2v) is 6.35. The first-order valence-corrected chi connectivity index (χ1v) is 7.87. The first-order valence-electron chi connectivity index (χ1n) is 6.68. The van der Waals surface area contributed by atoms with Crippen LogP contribution in [0, 0.1) is 13.8 Å². The third kappa shape index (κ3) is 4.03. The monoisotopic (exact) mass is 353 g/mol. The number of methoxy groups -OCH3 is 2. The molecule has 0 atom stereocenters. The molecule has 0 N–H and O–H groups in total. The molecule has 2 rings (SSSR count). The number of carbonyl (C=O) groups excluding carboxylic acids is 1. The van der Waals surface area contributed by atoms with Crippen molar-refractivity contribution in [1.29, 1.82) is 0 Å². The summed E-state index contributed by atoms with van der Waals surface area (Å²) < 4.78 is 16.1. The second-order valence-electron chi connectivity index (χ2n) is 4.72. The minimum absolute atomic E-state index is 0.314. The fourth-order valence-corrected chi connectivity index (χ4v) is 2.82. The molecule has 7 heteroatoms. The fourth-order valence-electron chi connectivity index (χ4n) is 2.06. The number of halogens is 1. The average Bonchev–Trinajstić information content (AvgIpc) is 2.92. The van der Waals surface area contributed by atoms with Crippen molar-refractivity contribution < 1.29 is 19.0 Å². The van der Waals surface area contributed by atoms with Crippen molar-refractivity contribution in [2.75, 3.05) is 14.2 Å². The van der Waals surface area contributed by atoms with Crippen molar-refractivity contribution in [3.05, 3.63) is 45.6 Å². The predicted molar refractivity (Wildman–Crippen MR) is 90.1 cm³/mol. The summed E-state index contributed by atoms with van der Waals surface area (Å²) >= 11 is 7.10. The second kappa shape index (κ2) is 7.48. The van der Waals surface area contributed by atoms with Gasteiger partial charge in [0.15, 0.2) is 0 Å². The van der Waals surface area contributed by atoms with Crippen LogP contribution < -0.4 is 4.74 Å². The van der Waals surface area contributed by atoms with Crippen LogP contribution in [0.5, 0.6) is 10.9 Å². The summed E-state index contributed by atoms with van der Waals surface area (Å²) in [6.07, 6.45) is 2.88. The Morgan fingerprint density at radius 2 is 2.00 bits per heavy atom. The third-order valence-corrected chi connectivity index (χ3v) is 4.10. The Balaban J connectivity index is 2.46. The quantitative estimate of drug-likeness (QED) is 0.454. The normalized spacial score (nSPS) is 11.3.